The number of thiophene rings is 1. The maximum absolute atomic E-state index is 13.8. The molecule has 5 heteroatoms. The normalized spacial score (nSPS) is 16.6. The number of benzene rings is 1. The van der Waals surface area contributed by atoms with Crippen molar-refractivity contribution in [2.45, 2.75) is 31.1 Å². The van der Waals surface area contributed by atoms with Gasteiger partial charge in [-0.1, -0.05) is 36.6 Å². The zero-order chi connectivity index (χ0) is 15.6. The molecule has 1 N–H and O–H groups in total. The predicted molar refractivity (Wildman–Crippen MR) is 88.2 cm³/mol. The van der Waals surface area contributed by atoms with E-state index < -0.39 is 11.7 Å². The third-order valence-corrected chi connectivity index (χ3v) is 5.81. The second-order valence-electron chi connectivity index (χ2n) is 5.74. The van der Waals surface area contributed by atoms with Gasteiger partial charge in [-0.15, -0.1) is 11.3 Å². The van der Waals surface area contributed by atoms with Crippen molar-refractivity contribution in [2.24, 2.45) is 0 Å². The van der Waals surface area contributed by atoms with Crippen LogP contribution in [0.5, 0.6) is 0 Å². The first-order chi connectivity index (χ1) is 10.6. The zero-order valence-electron chi connectivity index (χ0n) is 12.1. The fraction of sp³-hybridized carbons (Fsp3) is 0.353. The Bertz CT molecular complexity index is 645. The fourth-order valence-electron chi connectivity index (χ4n) is 3.19. The van der Waals surface area contributed by atoms with Crippen LogP contribution in [-0.2, 0) is 5.41 Å². The van der Waals surface area contributed by atoms with E-state index in [0.717, 1.165) is 25.7 Å². The van der Waals surface area contributed by atoms with Gasteiger partial charge in [-0.3, -0.25) is 4.79 Å². The predicted octanol–water partition coefficient (Wildman–Crippen LogP) is 4.78. The monoisotopic (exact) mass is 337 g/mol. The van der Waals surface area contributed by atoms with Crippen LogP contribution in [-0.4, -0.2) is 12.5 Å². The van der Waals surface area contributed by atoms with E-state index in [0.29, 0.717) is 6.54 Å². The molecule has 2 aromatic rings. The van der Waals surface area contributed by atoms with Gasteiger partial charge in [0.25, 0.3) is 5.91 Å². The molecule has 0 bridgehead atoms. The van der Waals surface area contributed by atoms with Gasteiger partial charge >= 0.3 is 0 Å². The molecule has 116 valence electrons. The van der Waals surface area contributed by atoms with Crippen molar-refractivity contribution < 1.29 is 9.18 Å². The highest BCUT2D eigenvalue weighted by Gasteiger charge is 2.37. The molecule has 1 heterocycles. The number of hydrogen-bond donors (Lipinski definition) is 1. The van der Waals surface area contributed by atoms with Crippen LogP contribution >= 0.6 is 22.9 Å². The van der Waals surface area contributed by atoms with E-state index in [9.17, 15) is 9.18 Å². The molecule has 0 spiro atoms. The van der Waals surface area contributed by atoms with Gasteiger partial charge in [-0.25, -0.2) is 4.39 Å². The van der Waals surface area contributed by atoms with Gasteiger partial charge in [0, 0.05) is 16.8 Å². The highest BCUT2D eigenvalue weighted by molar-refractivity contribution is 7.10. The largest absolute Gasteiger partial charge is 0.351 e. The van der Waals surface area contributed by atoms with Crippen LogP contribution in [0.3, 0.4) is 0 Å². The molecule has 0 unspecified atom stereocenters. The number of carbonyl (C=O) groups excluding carboxylic acids is 1. The van der Waals surface area contributed by atoms with Crippen molar-refractivity contribution >= 4 is 28.8 Å². The van der Waals surface area contributed by atoms with Gasteiger partial charge in [-0.05, 0) is 36.4 Å². The summed E-state index contributed by atoms with van der Waals surface area (Å²) in [6, 6.07) is 8.45. The first-order valence-corrected chi connectivity index (χ1v) is 8.64. The van der Waals surface area contributed by atoms with Gasteiger partial charge in [0.2, 0.25) is 0 Å². The van der Waals surface area contributed by atoms with Crippen LogP contribution in [0.15, 0.2) is 35.7 Å². The molecule has 0 saturated heterocycles. The van der Waals surface area contributed by atoms with E-state index in [-0.39, 0.29) is 16.0 Å². The second kappa shape index (κ2) is 6.39. The third-order valence-electron chi connectivity index (χ3n) is 4.38. The molecule has 1 amide bonds. The molecule has 1 aromatic heterocycles. The molecule has 1 aliphatic rings. The zero-order valence-corrected chi connectivity index (χ0v) is 13.6. The van der Waals surface area contributed by atoms with Crippen LogP contribution in [0, 0.1) is 5.82 Å². The Morgan fingerprint density at radius 3 is 2.68 bits per heavy atom. The minimum absolute atomic E-state index is 0.0123. The van der Waals surface area contributed by atoms with Gasteiger partial charge in [-0.2, -0.15) is 0 Å². The minimum atomic E-state index is -0.582. The summed E-state index contributed by atoms with van der Waals surface area (Å²) in [4.78, 5) is 13.6. The van der Waals surface area contributed by atoms with Gasteiger partial charge in [0.05, 0.1) is 10.6 Å². The third kappa shape index (κ3) is 2.90. The summed E-state index contributed by atoms with van der Waals surface area (Å²) in [7, 11) is 0. The molecule has 1 fully saturated rings. The first-order valence-electron chi connectivity index (χ1n) is 7.39. The Morgan fingerprint density at radius 1 is 1.27 bits per heavy atom. The quantitative estimate of drug-likeness (QED) is 0.854. The fourth-order valence-corrected chi connectivity index (χ4v) is 4.43. The number of nitrogens with one attached hydrogen (secondary N) is 1. The smallest absolute Gasteiger partial charge is 0.255 e. The molecule has 3 rings (SSSR count). The number of amides is 1. The molecule has 22 heavy (non-hydrogen) atoms. The van der Waals surface area contributed by atoms with Crippen LogP contribution < -0.4 is 5.32 Å². The average molecular weight is 338 g/mol. The maximum Gasteiger partial charge on any atom is 0.255 e. The Morgan fingerprint density at radius 2 is 2.05 bits per heavy atom. The van der Waals surface area contributed by atoms with Crippen LogP contribution in [0.1, 0.15) is 40.9 Å². The Kier molecular flexibility index (Phi) is 4.50. The summed E-state index contributed by atoms with van der Waals surface area (Å²) >= 11 is 7.68. The van der Waals surface area contributed by atoms with E-state index in [1.54, 1.807) is 11.3 Å². The van der Waals surface area contributed by atoms with Gasteiger partial charge in [0.15, 0.2) is 0 Å². The van der Waals surface area contributed by atoms with Crippen molar-refractivity contribution in [1.82, 2.24) is 5.32 Å². The number of carbonyl (C=O) groups is 1. The standard InChI is InChI=1S/C17H17ClFNOS/c18-12-5-3-6-13(19)15(12)16(21)20-11-17(8-1-2-9-17)14-7-4-10-22-14/h3-7,10H,1-2,8-9,11H2,(H,20,21). The van der Waals surface area contributed by atoms with Crippen molar-refractivity contribution in [3.8, 4) is 0 Å². The number of hydrogen-bond acceptors (Lipinski definition) is 2. The van der Waals surface area contributed by atoms with Crippen molar-refractivity contribution in [3.05, 3.63) is 57.0 Å². The molecule has 1 aromatic carbocycles. The van der Waals surface area contributed by atoms with Crippen molar-refractivity contribution in [2.75, 3.05) is 6.54 Å². The molecule has 1 aliphatic carbocycles. The molecule has 2 nitrogen and oxygen atoms in total. The lowest BCUT2D eigenvalue weighted by Gasteiger charge is -2.28. The Labute approximate surface area is 138 Å². The second-order valence-corrected chi connectivity index (χ2v) is 7.10. The highest BCUT2D eigenvalue weighted by Crippen LogP contribution is 2.42. The molecule has 0 aliphatic heterocycles. The van der Waals surface area contributed by atoms with Gasteiger partial charge < -0.3 is 5.32 Å². The van der Waals surface area contributed by atoms with Crippen LogP contribution in [0.25, 0.3) is 0 Å². The molecule has 0 radical (unpaired) electrons. The summed E-state index contributed by atoms with van der Waals surface area (Å²) in [5.74, 6) is -1.02. The molecule has 1 saturated carbocycles. The average Bonchev–Trinajstić information content (AvgIpc) is 3.17. The van der Waals surface area contributed by atoms with Gasteiger partial charge in [0.1, 0.15) is 5.82 Å². The minimum Gasteiger partial charge on any atom is -0.351 e. The number of rotatable bonds is 4. The van der Waals surface area contributed by atoms with Crippen molar-refractivity contribution in [3.63, 3.8) is 0 Å². The summed E-state index contributed by atoms with van der Waals surface area (Å²) in [6.45, 7) is 0.525. The Balaban J connectivity index is 1.77. The van der Waals surface area contributed by atoms with E-state index in [1.165, 1.54) is 23.1 Å². The lowest BCUT2D eigenvalue weighted by Crippen LogP contribution is -2.38. The summed E-state index contributed by atoms with van der Waals surface area (Å²) in [5, 5.41) is 5.10. The van der Waals surface area contributed by atoms with E-state index in [1.807, 2.05) is 6.07 Å². The Hall–Kier alpha value is -1.39. The lowest BCUT2D eigenvalue weighted by molar-refractivity contribution is 0.0939. The molecular weight excluding hydrogens is 321 g/mol. The molecular formula is C17H17ClFNOS. The maximum atomic E-state index is 13.8. The lowest BCUT2D eigenvalue weighted by atomic mass is 9.84. The molecule has 0 atom stereocenters. The summed E-state index contributed by atoms with van der Waals surface area (Å²) < 4.78 is 13.8. The topological polar surface area (TPSA) is 29.1 Å². The summed E-state index contributed by atoms with van der Waals surface area (Å²) in [5.41, 5.74) is -0.0786. The number of halogens is 2. The highest BCUT2D eigenvalue weighted by atomic mass is 35.5. The summed E-state index contributed by atoms with van der Waals surface area (Å²) in [6.07, 6.45) is 4.43. The van der Waals surface area contributed by atoms with E-state index in [4.69, 9.17) is 11.6 Å². The van der Waals surface area contributed by atoms with Crippen molar-refractivity contribution in [1.29, 1.82) is 0 Å². The van der Waals surface area contributed by atoms with Crippen LogP contribution in [0.2, 0.25) is 5.02 Å². The van der Waals surface area contributed by atoms with Crippen LogP contribution in [0.4, 0.5) is 4.39 Å². The first kappa shape index (κ1) is 15.5. The van der Waals surface area contributed by atoms with E-state index >= 15 is 0 Å². The SMILES string of the molecule is O=C(NCC1(c2cccs2)CCCC1)c1c(F)cccc1Cl. The van der Waals surface area contributed by atoms with E-state index in [2.05, 4.69) is 16.8 Å².